The Labute approximate surface area is 116 Å². The Kier molecular flexibility index (Phi) is 7.18. The van der Waals surface area contributed by atoms with Gasteiger partial charge < -0.3 is 9.29 Å². The summed E-state index contributed by atoms with van der Waals surface area (Å²) < 4.78 is 22.5. The second-order valence-electron chi connectivity index (χ2n) is 4.23. The van der Waals surface area contributed by atoms with Crippen LogP contribution in [-0.2, 0) is 0 Å². The Morgan fingerprint density at radius 3 is 2.89 bits per heavy atom. The zero-order valence-corrected chi connectivity index (χ0v) is 12.4. The molecular formula is C12H20N4O2S. The van der Waals surface area contributed by atoms with E-state index in [2.05, 4.69) is 25.6 Å². The number of hydrogen-bond acceptors (Lipinski definition) is 5. The van der Waals surface area contributed by atoms with E-state index in [1.54, 1.807) is 0 Å². The SMILES string of the molecule is COc1n[s+]([O-])[nH]c1=NCCCCC#CCN(C)C. The van der Waals surface area contributed by atoms with Crippen molar-refractivity contribution >= 4 is 11.1 Å². The van der Waals surface area contributed by atoms with Gasteiger partial charge in [0.1, 0.15) is 0 Å². The van der Waals surface area contributed by atoms with E-state index in [0.29, 0.717) is 17.9 Å². The molecule has 19 heavy (non-hydrogen) atoms. The predicted molar refractivity (Wildman–Crippen MR) is 74.4 cm³/mol. The Morgan fingerprint density at radius 1 is 1.42 bits per heavy atom. The fraction of sp³-hybridized carbons (Fsp3) is 0.667. The molecule has 0 aliphatic rings. The summed E-state index contributed by atoms with van der Waals surface area (Å²) in [4.78, 5) is 6.31. The Bertz CT molecular complexity index is 496. The van der Waals surface area contributed by atoms with Crippen molar-refractivity contribution in [1.82, 2.24) is 13.6 Å². The van der Waals surface area contributed by atoms with E-state index in [1.165, 1.54) is 7.11 Å². The quantitative estimate of drug-likeness (QED) is 0.476. The van der Waals surface area contributed by atoms with Gasteiger partial charge >= 0.3 is 5.88 Å². The summed E-state index contributed by atoms with van der Waals surface area (Å²) in [5.41, 5.74) is 0.472. The summed E-state index contributed by atoms with van der Waals surface area (Å²) in [5, 5.41) is 0. The van der Waals surface area contributed by atoms with Crippen LogP contribution in [0.4, 0.5) is 0 Å². The number of nitrogens with zero attached hydrogens (tertiary/aromatic N) is 3. The highest BCUT2D eigenvalue weighted by Gasteiger charge is 2.06. The summed E-state index contributed by atoms with van der Waals surface area (Å²) >= 11 is -1.44. The normalized spacial score (nSPS) is 12.5. The van der Waals surface area contributed by atoms with Crippen LogP contribution in [0.1, 0.15) is 19.3 Å². The van der Waals surface area contributed by atoms with Crippen LogP contribution in [0.15, 0.2) is 4.99 Å². The maximum atomic E-state index is 11.1. The Hall–Kier alpha value is -1.36. The molecule has 1 unspecified atom stereocenters. The van der Waals surface area contributed by atoms with E-state index in [4.69, 9.17) is 4.74 Å². The standard InChI is InChI=1S/C12H20N4O2S/c1-16(2)10-8-6-4-5-7-9-13-11-12(18-3)15-19(17)14-11/h4-5,7,9-10H2,1-3H3,(H,13,14). The lowest BCUT2D eigenvalue weighted by molar-refractivity contribution is 0.394. The van der Waals surface area contributed by atoms with Crippen molar-refractivity contribution in [2.45, 2.75) is 19.3 Å². The van der Waals surface area contributed by atoms with E-state index in [9.17, 15) is 4.55 Å². The molecule has 0 fully saturated rings. The van der Waals surface area contributed by atoms with Crippen molar-refractivity contribution in [3.63, 3.8) is 0 Å². The van der Waals surface area contributed by atoms with Crippen molar-refractivity contribution < 1.29 is 9.29 Å². The van der Waals surface area contributed by atoms with Gasteiger partial charge in [-0.2, -0.15) is 0 Å². The lowest BCUT2D eigenvalue weighted by Crippen LogP contribution is -2.10. The van der Waals surface area contributed by atoms with Crippen LogP contribution in [0.3, 0.4) is 0 Å². The molecule has 106 valence electrons. The third-order valence-corrected chi connectivity index (χ3v) is 2.95. The zero-order chi connectivity index (χ0) is 14.1. The molecule has 7 heteroatoms. The van der Waals surface area contributed by atoms with Crippen molar-refractivity contribution in [3.05, 3.63) is 5.49 Å². The number of unbranched alkanes of at least 4 members (excludes halogenated alkanes) is 2. The topological polar surface area (TPSA) is 76.6 Å². The molecule has 0 aromatic carbocycles. The van der Waals surface area contributed by atoms with Crippen molar-refractivity contribution in [2.24, 2.45) is 4.99 Å². The molecular weight excluding hydrogens is 264 g/mol. The Morgan fingerprint density at radius 2 is 2.21 bits per heavy atom. The van der Waals surface area contributed by atoms with E-state index in [-0.39, 0.29) is 0 Å². The van der Waals surface area contributed by atoms with Crippen molar-refractivity contribution in [1.29, 1.82) is 0 Å². The minimum atomic E-state index is -1.44. The van der Waals surface area contributed by atoms with Gasteiger partial charge in [0, 0.05) is 17.3 Å². The number of hydrogen-bond donors (Lipinski definition) is 1. The molecule has 0 spiro atoms. The van der Waals surface area contributed by atoms with E-state index < -0.39 is 11.1 Å². The number of rotatable bonds is 6. The van der Waals surface area contributed by atoms with Gasteiger partial charge in [0.15, 0.2) is 11.1 Å². The molecule has 1 rings (SSSR count). The third kappa shape index (κ3) is 6.38. The average molecular weight is 284 g/mol. The van der Waals surface area contributed by atoms with Crippen LogP contribution in [0.25, 0.3) is 0 Å². The fourth-order valence-corrected chi connectivity index (χ4v) is 1.99. The van der Waals surface area contributed by atoms with Crippen LogP contribution >= 0.6 is 11.1 Å². The number of H-pyrrole nitrogens is 1. The molecule has 1 N–H and O–H groups in total. The van der Waals surface area contributed by atoms with Gasteiger partial charge in [-0.1, -0.05) is 5.92 Å². The smallest absolute Gasteiger partial charge is 0.316 e. The number of ether oxygens (including phenoxy) is 1. The van der Waals surface area contributed by atoms with Crippen LogP contribution in [0, 0.1) is 11.8 Å². The second-order valence-corrected chi connectivity index (χ2v) is 5.12. The molecule has 6 nitrogen and oxygen atoms in total. The van der Waals surface area contributed by atoms with Crippen molar-refractivity contribution in [2.75, 3.05) is 34.3 Å². The van der Waals surface area contributed by atoms with E-state index in [1.807, 2.05) is 19.0 Å². The van der Waals surface area contributed by atoms with E-state index >= 15 is 0 Å². The molecule has 1 aromatic rings. The van der Waals surface area contributed by atoms with Crippen LogP contribution in [0.2, 0.25) is 0 Å². The molecule has 0 amide bonds. The predicted octanol–water partition coefficient (Wildman–Crippen LogP) is 0.782. The minimum absolute atomic E-state index is 0.309. The maximum absolute atomic E-state index is 11.1. The lowest BCUT2D eigenvalue weighted by Gasteiger charge is -2.00. The van der Waals surface area contributed by atoms with E-state index in [0.717, 1.165) is 25.8 Å². The number of aromatic amines is 1. The molecule has 1 heterocycles. The highest BCUT2D eigenvalue weighted by atomic mass is 32.2. The van der Waals surface area contributed by atoms with Gasteiger partial charge in [-0.15, -0.1) is 10.3 Å². The first-order valence-electron chi connectivity index (χ1n) is 6.10. The first kappa shape index (κ1) is 15.7. The molecule has 1 atom stereocenters. The summed E-state index contributed by atoms with van der Waals surface area (Å²) in [6, 6.07) is 0. The maximum Gasteiger partial charge on any atom is 0.316 e. The molecule has 0 saturated carbocycles. The second kappa shape index (κ2) is 8.69. The summed E-state index contributed by atoms with van der Waals surface area (Å²) in [6.07, 6.45) is 2.81. The van der Waals surface area contributed by atoms with Gasteiger partial charge in [-0.3, -0.25) is 9.89 Å². The molecule has 0 bridgehead atoms. The van der Waals surface area contributed by atoms with Gasteiger partial charge in [-0.25, -0.2) is 0 Å². The van der Waals surface area contributed by atoms with Crippen molar-refractivity contribution in [3.8, 4) is 17.7 Å². The summed E-state index contributed by atoms with van der Waals surface area (Å²) in [7, 11) is 5.48. The van der Waals surface area contributed by atoms with Gasteiger partial charge in [0.25, 0.3) is 0 Å². The first-order chi connectivity index (χ1) is 9.13. The van der Waals surface area contributed by atoms with Crippen LogP contribution in [0.5, 0.6) is 5.88 Å². The molecule has 0 aliphatic heterocycles. The highest BCUT2D eigenvalue weighted by molar-refractivity contribution is 7.13. The van der Waals surface area contributed by atoms with Crippen LogP contribution in [-0.4, -0.2) is 52.5 Å². The number of nitrogens with one attached hydrogen (secondary N) is 1. The highest BCUT2D eigenvalue weighted by Crippen LogP contribution is 2.04. The van der Waals surface area contributed by atoms with Gasteiger partial charge in [0.05, 0.1) is 13.7 Å². The third-order valence-electron chi connectivity index (χ3n) is 2.25. The summed E-state index contributed by atoms with van der Waals surface area (Å²) in [5.74, 6) is 6.52. The number of methoxy groups -OCH3 is 1. The zero-order valence-electron chi connectivity index (χ0n) is 11.6. The molecule has 1 aromatic heterocycles. The lowest BCUT2D eigenvalue weighted by atomic mass is 10.2. The molecule has 0 aliphatic carbocycles. The van der Waals surface area contributed by atoms with Gasteiger partial charge in [0.2, 0.25) is 5.49 Å². The number of aromatic nitrogens is 2. The minimum Gasteiger partial charge on any atom is -0.548 e. The fourth-order valence-electron chi connectivity index (χ4n) is 1.32. The average Bonchev–Trinajstić information content (AvgIpc) is 2.72. The Balaban J connectivity index is 2.28. The summed E-state index contributed by atoms with van der Waals surface area (Å²) in [6.45, 7) is 1.45. The molecule has 0 saturated heterocycles. The van der Waals surface area contributed by atoms with Gasteiger partial charge in [-0.05, 0) is 26.9 Å². The van der Waals surface area contributed by atoms with Crippen LogP contribution < -0.4 is 10.2 Å². The largest absolute Gasteiger partial charge is 0.548 e. The first-order valence-corrected chi connectivity index (χ1v) is 7.20. The molecule has 0 radical (unpaired) electrons. The monoisotopic (exact) mass is 284 g/mol.